The molecule has 2 aliphatic rings. The fourth-order valence-corrected chi connectivity index (χ4v) is 3.89. The molecule has 2 N–H and O–H groups in total. The Bertz CT molecular complexity index is 458. The summed E-state index contributed by atoms with van der Waals surface area (Å²) in [5.41, 5.74) is 7.75. The number of nitrogens with two attached hydrogens (primary N) is 1. The van der Waals surface area contributed by atoms with Gasteiger partial charge in [0.1, 0.15) is 5.82 Å². The van der Waals surface area contributed by atoms with Crippen LogP contribution < -0.4 is 10.6 Å². The van der Waals surface area contributed by atoms with Crippen LogP contribution in [0.3, 0.4) is 0 Å². The number of hydrogen-bond acceptors (Lipinski definition) is 2. The number of para-hydroxylation sites is 1. The summed E-state index contributed by atoms with van der Waals surface area (Å²) in [6.45, 7) is 2.92. The zero-order valence-electron chi connectivity index (χ0n) is 11.6. The molecule has 3 atom stereocenters. The average Bonchev–Trinajstić information content (AvgIpc) is 2.82. The molecular weight excluding hydrogens is 239 g/mol. The molecular formula is C16H23FN2. The SMILES string of the molecule is C[C@H](N)c1cccc(F)c1N1CCC2CCCCC21. The fourth-order valence-electron chi connectivity index (χ4n) is 3.89. The van der Waals surface area contributed by atoms with Gasteiger partial charge in [-0.2, -0.15) is 0 Å². The molecule has 19 heavy (non-hydrogen) atoms. The first-order valence-electron chi connectivity index (χ1n) is 7.49. The maximum atomic E-state index is 14.3. The van der Waals surface area contributed by atoms with Crippen molar-refractivity contribution in [3.8, 4) is 0 Å². The molecule has 1 aromatic carbocycles. The molecule has 0 radical (unpaired) electrons. The monoisotopic (exact) mass is 262 g/mol. The highest BCUT2D eigenvalue weighted by atomic mass is 19.1. The molecule has 2 fully saturated rings. The molecule has 2 unspecified atom stereocenters. The molecule has 0 bridgehead atoms. The highest BCUT2D eigenvalue weighted by Gasteiger charge is 2.37. The molecule has 1 saturated carbocycles. The van der Waals surface area contributed by atoms with E-state index in [0.29, 0.717) is 6.04 Å². The van der Waals surface area contributed by atoms with Gasteiger partial charge in [-0.05, 0) is 43.7 Å². The third kappa shape index (κ3) is 2.25. The molecule has 2 nitrogen and oxygen atoms in total. The summed E-state index contributed by atoms with van der Waals surface area (Å²) in [5, 5.41) is 0. The van der Waals surface area contributed by atoms with Gasteiger partial charge in [-0.15, -0.1) is 0 Å². The maximum Gasteiger partial charge on any atom is 0.146 e. The minimum absolute atomic E-state index is 0.110. The second kappa shape index (κ2) is 5.12. The summed E-state index contributed by atoms with van der Waals surface area (Å²) in [6, 6.07) is 5.72. The number of hydrogen-bond donors (Lipinski definition) is 1. The van der Waals surface area contributed by atoms with Gasteiger partial charge in [0.25, 0.3) is 0 Å². The summed E-state index contributed by atoms with van der Waals surface area (Å²) in [5.74, 6) is 0.648. The highest BCUT2D eigenvalue weighted by Crippen LogP contribution is 2.41. The van der Waals surface area contributed by atoms with E-state index in [2.05, 4.69) is 4.90 Å². The quantitative estimate of drug-likeness (QED) is 0.882. The molecule has 104 valence electrons. The van der Waals surface area contributed by atoms with E-state index >= 15 is 0 Å². The van der Waals surface area contributed by atoms with Crippen LogP contribution in [0.1, 0.15) is 50.6 Å². The zero-order valence-corrected chi connectivity index (χ0v) is 11.6. The van der Waals surface area contributed by atoms with Crippen molar-refractivity contribution < 1.29 is 4.39 Å². The zero-order chi connectivity index (χ0) is 13.4. The van der Waals surface area contributed by atoms with Gasteiger partial charge in [-0.3, -0.25) is 0 Å². The van der Waals surface area contributed by atoms with E-state index in [1.165, 1.54) is 32.1 Å². The topological polar surface area (TPSA) is 29.3 Å². The van der Waals surface area contributed by atoms with Crippen LogP contribution in [0.25, 0.3) is 0 Å². The predicted octanol–water partition coefficient (Wildman–Crippen LogP) is 3.61. The molecule has 0 spiro atoms. The van der Waals surface area contributed by atoms with Crippen LogP contribution in [0.15, 0.2) is 18.2 Å². The van der Waals surface area contributed by atoms with Crippen molar-refractivity contribution in [1.29, 1.82) is 0 Å². The van der Waals surface area contributed by atoms with Crippen molar-refractivity contribution in [1.82, 2.24) is 0 Å². The van der Waals surface area contributed by atoms with E-state index < -0.39 is 0 Å². The minimum atomic E-state index is -0.117. The second-order valence-corrected chi connectivity index (χ2v) is 6.06. The normalized spacial score (nSPS) is 28.3. The molecule has 0 amide bonds. The smallest absolute Gasteiger partial charge is 0.146 e. The third-order valence-electron chi connectivity index (χ3n) is 4.81. The van der Waals surface area contributed by atoms with Gasteiger partial charge in [-0.1, -0.05) is 25.0 Å². The van der Waals surface area contributed by atoms with Crippen LogP contribution in [0.5, 0.6) is 0 Å². The summed E-state index contributed by atoms with van der Waals surface area (Å²) in [7, 11) is 0. The van der Waals surface area contributed by atoms with Crippen LogP contribution in [0.2, 0.25) is 0 Å². The summed E-state index contributed by atoms with van der Waals surface area (Å²) < 4.78 is 14.3. The van der Waals surface area contributed by atoms with E-state index in [4.69, 9.17) is 5.73 Å². The van der Waals surface area contributed by atoms with Crippen molar-refractivity contribution in [2.24, 2.45) is 11.7 Å². The van der Waals surface area contributed by atoms with Gasteiger partial charge >= 0.3 is 0 Å². The molecule has 1 aliphatic heterocycles. The summed E-state index contributed by atoms with van der Waals surface area (Å²) in [6.07, 6.45) is 6.34. The number of rotatable bonds is 2. The van der Waals surface area contributed by atoms with Crippen LogP contribution in [-0.4, -0.2) is 12.6 Å². The van der Waals surface area contributed by atoms with Crippen molar-refractivity contribution in [3.05, 3.63) is 29.6 Å². The van der Waals surface area contributed by atoms with Crippen molar-refractivity contribution in [2.45, 2.75) is 51.1 Å². The molecule has 1 saturated heterocycles. The number of benzene rings is 1. The Hall–Kier alpha value is -1.09. The Morgan fingerprint density at radius 2 is 2.05 bits per heavy atom. The lowest BCUT2D eigenvalue weighted by atomic mass is 9.85. The van der Waals surface area contributed by atoms with E-state index in [-0.39, 0.29) is 11.9 Å². The molecule has 1 heterocycles. The standard InChI is InChI=1S/C16H23FN2/c1-11(18)13-6-4-7-14(17)16(13)19-10-9-12-5-2-3-8-15(12)19/h4,6-7,11-12,15H,2-3,5,8-10,18H2,1H3/t11-,12?,15?/m0/s1. The Kier molecular flexibility index (Phi) is 3.48. The lowest BCUT2D eigenvalue weighted by Crippen LogP contribution is -2.36. The Morgan fingerprint density at radius 3 is 2.84 bits per heavy atom. The lowest BCUT2D eigenvalue weighted by molar-refractivity contribution is 0.341. The first-order valence-corrected chi connectivity index (χ1v) is 7.49. The van der Waals surface area contributed by atoms with E-state index in [1.807, 2.05) is 13.0 Å². The van der Waals surface area contributed by atoms with Crippen molar-refractivity contribution in [2.75, 3.05) is 11.4 Å². The number of halogens is 1. The largest absolute Gasteiger partial charge is 0.366 e. The van der Waals surface area contributed by atoms with Gasteiger partial charge in [0.05, 0.1) is 5.69 Å². The average molecular weight is 262 g/mol. The van der Waals surface area contributed by atoms with Crippen LogP contribution >= 0.6 is 0 Å². The second-order valence-electron chi connectivity index (χ2n) is 6.06. The van der Waals surface area contributed by atoms with Gasteiger partial charge in [0.15, 0.2) is 0 Å². The molecule has 3 heteroatoms. The first-order chi connectivity index (χ1) is 9.18. The number of fused-ring (bicyclic) bond motifs is 1. The van der Waals surface area contributed by atoms with Crippen molar-refractivity contribution in [3.63, 3.8) is 0 Å². The maximum absolute atomic E-state index is 14.3. The molecule has 1 aromatic rings. The minimum Gasteiger partial charge on any atom is -0.366 e. The first kappa shape index (κ1) is 12.9. The third-order valence-corrected chi connectivity index (χ3v) is 4.81. The number of anilines is 1. The predicted molar refractivity (Wildman–Crippen MR) is 76.7 cm³/mol. The Labute approximate surface area is 114 Å². The lowest BCUT2D eigenvalue weighted by Gasteiger charge is -2.35. The highest BCUT2D eigenvalue weighted by molar-refractivity contribution is 5.57. The summed E-state index contributed by atoms with van der Waals surface area (Å²) >= 11 is 0. The summed E-state index contributed by atoms with van der Waals surface area (Å²) in [4.78, 5) is 2.30. The van der Waals surface area contributed by atoms with E-state index in [9.17, 15) is 4.39 Å². The molecule has 0 aromatic heterocycles. The Balaban J connectivity index is 1.97. The van der Waals surface area contributed by atoms with E-state index in [0.717, 1.165) is 23.7 Å². The van der Waals surface area contributed by atoms with Gasteiger partial charge in [0.2, 0.25) is 0 Å². The van der Waals surface area contributed by atoms with Crippen molar-refractivity contribution >= 4 is 5.69 Å². The fraction of sp³-hybridized carbons (Fsp3) is 0.625. The van der Waals surface area contributed by atoms with Gasteiger partial charge in [0, 0.05) is 18.6 Å². The van der Waals surface area contributed by atoms with E-state index in [1.54, 1.807) is 12.1 Å². The van der Waals surface area contributed by atoms with Crippen LogP contribution in [0, 0.1) is 11.7 Å². The van der Waals surface area contributed by atoms with Crippen LogP contribution in [0.4, 0.5) is 10.1 Å². The van der Waals surface area contributed by atoms with Gasteiger partial charge in [-0.25, -0.2) is 4.39 Å². The number of nitrogens with zero attached hydrogens (tertiary/aromatic N) is 1. The Morgan fingerprint density at radius 1 is 1.26 bits per heavy atom. The van der Waals surface area contributed by atoms with Crippen LogP contribution in [-0.2, 0) is 0 Å². The molecule has 1 aliphatic carbocycles. The molecule has 3 rings (SSSR count). The van der Waals surface area contributed by atoms with Gasteiger partial charge < -0.3 is 10.6 Å².